The summed E-state index contributed by atoms with van der Waals surface area (Å²) in [5.41, 5.74) is 6.16. The molecule has 0 amide bonds. The summed E-state index contributed by atoms with van der Waals surface area (Å²) >= 11 is 0. The van der Waals surface area contributed by atoms with Crippen molar-refractivity contribution in [2.45, 2.75) is 46.1 Å². The van der Waals surface area contributed by atoms with Gasteiger partial charge >= 0.3 is 0 Å². The Kier molecular flexibility index (Phi) is 3.40. The van der Waals surface area contributed by atoms with Crippen LogP contribution in [-0.4, -0.2) is 29.5 Å². The predicted molar refractivity (Wildman–Crippen MR) is 61.3 cm³/mol. The molecule has 1 atom stereocenters. The highest BCUT2D eigenvalue weighted by Crippen LogP contribution is 2.31. The van der Waals surface area contributed by atoms with Crippen molar-refractivity contribution in [3.8, 4) is 0 Å². The van der Waals surface area contributed by atoms with Crippen molar-refractivity contribution in [3.63, 3.8) is 0 Å². The lowest BCUT2D eigenvalue weighted by Gasteiger charge is -2.32. The fraction of sp³-hybridized carbons (Fsp3) is 0.909. The van der Waals surface area contributed by atoms with E-state index >= 15 is 0 Å². The maximum Gasteiger partial charge on any atom is 0.191 e. The lowest BCUT2D eigenvalue weighted by Crippen LogP contribution is -2.46. The normalized spacial score (nSPS) is 27.0. The molecule has 1 unspecified atom stereocenters. The summed E-state index contributed by atoms with van der Waals surface area (Å²) in [6, 6.07) is 0. The minimum absolute atomic E-state index is 0.181. The minimum Gasteiger partial charge on any atom is -0.370 e. The molecule has 0 spiro atoms. The second-order valence-electron chi connectivity index (χ2n) is 4.97. The average molecular weight is 197 g/mol. The number of aliphatic imine (C=N–C) groups is 1. The fourth-order valence-corrected chi connectivity index (χ4v) is 2.30. The Morgan fingerprint density at radius 1 is 1.57 bits per heavy atom. The number of nitrogens with two attached hydrogens (primary N) is 1. The first-order chi connectivity index (χ1) is 6.47. The molecule has 1 heterocycles. The maximum absolute atomic E-state index is 5.98. The zero-order chi connectivity index (χ0) is 10.8. The molecular weight excluding hydrogens is 174 g/mol. The Labute approximate surface area is 87.4 Å². The van der Waals surface area contributed by atoms with Crippen molar-refractivity contribution < 1.29 is 0 Å². The van der Waals surface area contributed by atoms with Crippen molar-refractivity contribution >= 4 is 5.96 Å². The standard InChI is InChI=1S/C11H23N3/c1-5-6-13-10(12)14-8-9(2)7-11(14,3)4/h9H,5-8H2,1-4H3,(H2,12,13). The van der Waals surface area contributed by atoms with Gasteiger partial charge < -0.3 is 10.6 Å². The highest BCUT2D eigenvalue weighted by Gasteiger charge is 2.37. The van der Waals surface area contributed by atoms with Gasteiger partial charge in [0.1, 0.15) is 0 Å². The van der Waals surface area contributed by atoms with Gasteiger partial charge in [0.05, 0.1) is 0 Å². The van der Waals surface area contributed by atoms with Crippen molar-refractivity contribution in [1.29, 1.82) is 0 Å². The molecule has 1 fully saturated rings. The van der Waals surface area contributed by atoms with Gasteiger partial charge in [-0.2, -0.15) is 0 Å². The van der Waals surface area contributed by atoms with E-state index < -0.39 is 0 Å². The minimum atomic E-state index is 0.181. The lowest BCUT2D eigenvalue weighted by molar-refractivity contribution is 0.278. The van der Waals surface area contributed by atoms with Crippen LogP contribution in [0.2, 0.25) is 0 Å². The molecule has 3 nitrogen and oxygen atoms in total. The van der Waals surface area contributed by atoms with E-state index in [2.05, 4.69) is 37.6 Å². The highest BCUT2D eigenvalue weighted by molar-refractivity contribution is 5.79. The lowest BCUT2D eigenvalue weighted by atomic mass is 9.98. The Hall–Kier alpha value is -0.730. The summed E-state index contributed by atoms with van der Waals surface area (Å²) in [7, 11) is 0. The second kappa shape index (κ2) is 4.20. The van der Waals surface area contributed by atoms with Crippen molar-refractivity contribution in [1.82, 2.24) is 4.90 Å². The zero-order valence-electron chi connectivity index (χ0n) is 9.88. The second-order valence-corrected chi connectivity index (χ2v) is 4.97. The molecule has 0 aromatic heterocycles. The third kappa shape index (κ3) is 2.40. The molecule has 0 aromatic carbocycles. The van der Waals surface area contributed by atoms with Crippen LogP contribution in [0.25, 0.3) is 0 Å². The van der Waals surface area contributed by atoms with Crippen LogP contribution in [-0.2, 0) is 0 Å². The number of guanidine groups is 1. The van der Waals surface area contributed by atoms with Crippen LogP contribution >= 0.6 is 0 Å². The van der Waals surface area contributed by atoms with Gasteiger partial charge in [0.25, 0.3) is 0 Å². The van der Waals surface area contributed by atoms with Gasteiger partial charge in [-0.3, -0.25) is 4.99 Å². The number of hydrogen-bond acceptors (Lipinski definition) is 1. The van der Waals surface area contributed by atoms with Gasteiger partial charge in [-0.25, -0.2) is 0 Å². The van der Waals surface area contributed by atoms with E-state index in [1.165, 1.54) is 6.42 Å². The van der Waals surface area contributed by atoms with Crippen LogP contribution in [0.15, 0.2) is 4.99 Å². The number of hydrogen-bond donors (Lipinski definition) is 1. The fourth-order valence-electron chi connectivity index (χ4n) is 2.30. The van der Waals surface area contributed by atoms with Crippen molar-refractivity contribution in [2.24, 2.45) is 16.6 Å². The molecule has 2 N–H and O–H groups in total. The van der Waals surface area contributed by atoms with Crippen LogP contribution < -0.4 is 5.73 Å². The van der Waals surface area contributed by atoms with Crippen LogP contribution in [0.3, 0.4) is 0 Å². The van der Waals surface area contributed by atoms with Crippen molar-refractivity contribution in [3.05, 3.63) is 0 Å². The highest BCUT2D eigenvalue weighted by atomic mass is 15.3. The third-order valence-corrected chi connectivity index (χ3v) is 2.85. The molecule has 82 valence electrons. The summed E-state index contributed by atoms with van der Waals surface area (Å²) in [6.07, 6.45) is 2.26. The van der Waals surface area contributed by atoms with Crippen LogP contribution in [0.4, 0.5) is 0 Å². The molecule has 1 rings (SSSR count). The summed E-state index contributed by atoms with van der Waals surface area (Å²) in [4.78, 5) is 6.62. The predicted octanol–water partition coefficient (Wildman–Crippen LogP) is 1.83. The van der Waals surface area contributed by atoms with E-state index in [9.17, 15) is 0 Å². The molecule has 0 bridgehead atoms. The van der Waals surface area contributed by atoms with Gasteiger partial charge in [0.2, 0.25) is 0 Å². The Morgan fingerprint density at radius 3 is 2.64 bits per heavy atom. The van der Waals surface area contributed by atoms with Gasteiger partial charge in [0.15, 0.2) is 5.96 Å². The maximum atomic E-state index is 5.98. The van der Waals surface area contributed by atoms with Crippen LogP contribution in [0.1, 0.15) is 40.5 Å². The summed E-state index contributed by atoms with van der Waals surface area (Å²) in [5.74, 6) is 1.45. The van der Waals surface area contributed by atoms with E-state index in [0.29, 0.717) is 0 Å². The Bertz CT molecular complexity index is 221. The first kappa shape index (κ1) is 11.3. The van der Waals surface area contributed by atoms with E-state index in [4.69, 9.17) is 5.73 Å². The van der Waals surface area contributed by atoms with Crippen LogP contribution in [0, 0.1) is 5.92 Å². The van der Waals surface area contributed by atoms with Gasteiger partial charge in [-0.05, 0) is 32.6 Å². The van der Waals surface area contributed by atoms with Crippen LogP contribution in [0.5, 0.6) is 0 Å². The molecule has 1 aliphatic rings. The van der Waals surface area contributed by atoms with E-state index in [-0.39, 0.29) is 5.54 Å². The van der Waals surface area contributed by atoms with Gasteiger partial charge in [0, 0.05) is 18.6 Å². The number of rotatable bonds is 2. The molecule has 3 heteroatoms. The molecule has 0 aliphatic carbocycles. The first-order valence-corrected chi connectivity index (χ1v) is 5.55. The van der Waals surface area contributed by atoms with E-state index in [1.807, 2.05) is 0 Å². The summed E-state index contributed by atoms with van der Waals surface area (Å²) in [6.45, 7) is 10.8. The van der Waals surface area contributed by atoms with Crippen molar-refractivity contribution in [2.75, 3.05) is 13.1 Å². The van der Waals surface area contributed by atoms with E-state index in [0.717, 1.165) is 31.4 Å². The monoisotopic (exact) mass is 197 g/mol. The topological polar surface area (TPSA) is 41.6 Å². The SMILES string of the molecule is CCCN=C(N)N1CC(C)CC1(C)C. The molecular formula is C11H23N3. The number of likely N-dealkylation sites (tertiary alicyclic amines) is 1. The smallest absolute Gasteiger partial charge is 0.191 e. The average Bonchev–Trinajstić information content (AvgIpc) is 2.35. The Balaban J connectivity index is 2.67. The molecule has 0 saturated carbocycles. The quantitative estimate of drug-likeness (QED) is 0.542. The number of nitrogens with zero attached hydrogens (tertiary/aromatic N) is 2. The molecule has 1 aliphatic heterocycles. The Morgan fingerprint density at radius 2 is 2.21 bits per heavy atom. The first-order valence-electron chi connectivity index (χ1n) is 5.55. The molecule has 1 saturated heterocycles. The summed E-state index contributed by atoms with van der Waals surface area (Å²) in [5, 5.41) is 0. The van der Waals surface area contributed by atoms with E-state index in [1.54, 1.807) is 0 Å². The zero-order valence-corrected chi connectivity index (χ0v) is 9.88. The molecule has 0 aromatic rings. The molecule has 14 heavy (non-hydrogen) atoms. The third-order valence-electron chi connectivity index (χ3n) is 2.85. The van der Waals surface area contributed by atoms with Gasteiger partial charge in [-0.15, -0.1) is 0 Å². The molecule has 0 radical (unpaired) electrons. The largest absolute Gasteiger partial charge is 0.370 e. The summed E-state index contributed by atoms with van der Waals surface area (Å²) < 4.78 is 0. The van der Waals surface area contributed by atoms with Gasteiger partial charge in [-0.1, -0.05) is 13.8 Å².